The van der Waals surface area contributed by atoms with Crippen LogP contribution in [0.5, 0.6) is 0 Å². The van der Waals surface area contributed by atoms with Crippen molar-refractivity contribution < 1.29 is 27.1 Å². The van der Waals surface area contributed by atoms with Crippen molar-refractivity contribution >= 4 is 37.6 Å². The van der Waals surface area contributed by atoms with E-state index in [1.807, 2.05) is 0 Å². The molecule has 23 heavy (non-hydrogen) atoms. The lowest BCUT2D eigenvalue weighted by atomic mass is 10.2. The van der Waals surface area contributed by atoms with E-state index in [-0.39, 0.29) is 21.5 Å². The Balaban J connectivity index is 1.92. The van der Waals surface area contributed by atoms with E-state index < -0.39 is 40.2 Å². The molecular formula is C14H15BrFNO5S. The second-order valence-corrected chi connectivity index (χ2v) is 8.34. The van der Waals surface area contributed by atoms with Crippen LogP contribution >= 0.6 is 15.9 Å². The highest BCUT2D eigenvalue weighted by Crippen LogP contribution is 2.19. The topological polar surface area (TPSA) is 80.8 Å². The molecule has 1 heterocycles. The summed E-state index contributed by atoms with van der Waals surface area (Å²) in [6.07, 6.45) is 0.377. The van der Waals surface area contributed by atoms with Crippen molar-refractivity contribution in [3.63, 3.8) is 0 Å². The predicted molar refractivity (Wildman–Crippen MR) is 84.2 cm³/mol. The monoisotopic (exact) mass is 407 g/mol. The number of carbonyl (C=O) groups is 2. The van der Waals surface area contributed by atoms with Crippen LogP contribution in [0.1, 0.15) is 16.8 Å². The van der Waals surface area contributed by atoms with Gasteiger partial charge in [0, 0.05) is 17.6 Å². The minimum atomic E-state index is -3.10. The van der Waals surface area contributed by atoms with E-state index in [1.165, 1.54) is 18.0 Å². The summed E-state index contributed by atoms with van der Waals surface area (Å²) in [7, 11) is -1.62. The van der Waals surface area contributed by atoms with Gasteiger partial charge in [-0.25, -0.2) is 17.6 Å². The van der Waals surface area contributed by atoms with Crippen molar-refractivity contribution in [2.24, 2.45) is 0 Å². The average molecular weight is 408 g/mol. The molecule has 1 amide bonds. The maximum Gasteiger partial charge on any atom is 0.339 e. The zero-order valence-corrected chi connectivity index (χ0v) is 14.7. The molecular weight excluding hydrogens is 393 g/mol. The largest absolute Gasteiger partial charge is 0.452 e. The molecule has 1 saturated heterocycles. The first kappa shape index (κ1) is 17.9. The van der Waals surface area contributed by atoms with Crippen molar-refractivity contribution in [2.75, 3.05) is 25.2 Å². The van der Waals surface area contributed by atoms with Gasteiger partial charge in [0.05, 0.1) is 17.1 Å². The molecule has 0 aliphatic carbocycles. The molecule has 0 N–H and O–H groups in total. The molecule has 1 fully saturated rings. The molecule has 0 aromatic heterocycles. The van der Waals surface area contributed by atoms with Crippen LogP contribution in [0.3, 0.4) is 0 Å². The second kappa shape index (κ2) is 6.96. The van der Waals surface area contributed by atoms with Gasteiger partial charge in [0.1, 0.15) is 5.82 Å². The lowest BCUT2D eigenvalue weighted by Gasteiger charge is -2.23. The minimum Gasteiger partial charge on any atom is -0.452 e. The van der Waals surface area contributed by atoms with E-state index in [4.69, 9.17) is 4.74 Å². The van der Waals surface area contributed by atoms with Crippen LogP contribution in [0.15, 0.2) is 22.7 Å². The number of amides is 1. The fourth-order valence-electron chi connectivity index (χ4n) is 2.25. The minimum absolute atomic E-state index is 0.0532. The summed E-state index contributed by atoms with van der Waals surface area (Å²) in [5.74, 6) is -1.78. The fraction of sp³-hybridized carbons (Fsp3) is 0.429. The highest BCUT2D eigenvalue weighted by Gasteiger charge is 2.33. The highest BCUT2D eigenvalue weighted by molar-refractivity contribution is 9.10. The van der Waals surface area contributed by atoms with E-state index >= 15 is 0 Å². The van der Waals surface area contributed by atoms with Crippen LogP contribution in [0, 0.1) is 5.82 Å². The summed E-state index contributed by atoms with van der Waals surface area (Å²) in [5, 5.41) is 0. The molecule has 1 aromatic rings. The Morgan fingerprint density at radius 2 is 2.13 bits per heavy atom. The van der Waals surface area contributed by atoms with Crippen molar-refractivity contribution in [1.29, 1.82) is 0 Å². The predicted octanol–water partition coefficient (Wildman–Crippen LogP) is 1.39. The van der Waals surface area contributed by atoms with Gasteiger partial charge in [-0.15, -0.1) is 0 Å². The van der Waals surface area contributed by atoms with Gasteiger partial charge < -0.3 is 9.64 Å². The quantitative estimate of drug-likeness (QED) is 0.704. The van der Waals surface area contributed by atoms with Gasteiger partial charge in [-0.3, -0.25) is 4.79 Å². The molecule has 2 rings (SSSR count). The first-order valence-electron chi connectivity index (χ1n) is 6.78. The number of nitrogens with zero attached hydrogens (tertiary/aromatic N) is 1. The lowest BCUT2D eigenvalue weighted by Crippen LogP contribution is -2.40. The number of halogens is 2. The summed E-state index contributed by atoms with van der Waals surface area (Å²) in [5.41, 5.74) is 0.102. The third kappa shape index (κ3) is 4.51. The molecule has 1 aromatic carbocycles. The van der Waals surface area contributed by atoms with E-state index in [1.54, 1.807) is 0 Å². The molecule has 126 valence electrons. The summed E-state index contributed by atoms with van der Waals surface area (Å²) in [4.78, 5) is 25.2. The van der Waals surface area contributed by atoms with Crippen LogP contribution in [0.25, 0.3) is 0 Å². The molecule has 0 radical (unpaired) electrons. The Hall–Kier alpha value is -1.48. The van der Waals surface area contributed by atoms with Crippen LogP contribution in [0.2, 0.25) is 0 Å². The number of ether oxygens (including phenoxy) is 1. The molecule has 1 atom stereocenters. The summed E-state index contributed by atoms with van der Waals surface area (Å²) in [6, 6.07) is 3.08. The van der Waals surface area contributed by atoms with Crippen molar-refractivity contribution in [2.45, 2.75) is 12.5 Å². The molecule has 1 aliphatic heterocycles. The third-order valence-electron chi connectivity index (χ3n) is 3.63. The zero-order chi connectivity index (χ0) is 17.2. The Bertz CT molecular complexity index is 737. The maximum atomic E-state index is 13.0. The van der Waals surface area contributed by atoms with E-state index in [9.17, 15) is 22.4 Å². The normalized spacial score (nSPS) is 19.3. The molecule has 1 aliphatic rings. The first-order chi connectivity index (χ1) is 10.7. The maximum absolute atomic E-state index is 13.0. The van der Waals surface area contributed by atoms with Crippen molar-refractivity contribution in [3.05, 3.63) is 34.1 Å². The number of esters is 1. The van der Waals surface area contributed by atoms with Crippen molar-refractivity contribution in [3.8, 4) is 0 Å². The van der Waals surface area contributed by atoms with Gasteiger partial charge in [-0.2, -0.15) is 0 Å². The molecule has 0 bridgehead atoms. The number of rotatable bonds is 4. The molecule has 0 saturated carbocycles. The smallest absolute Gasteiger partial charge is 0.339 e. The summed E-state index contributed by atoms with van der Waals surface area (Å²) >= 11 is 3.05. The van der Waals surface area contributed by atoms with E-state index in [0.717, 1.165) is 12.1 Å². The third-order valence-corrected chi connectivity index (χ3v) is 6.03. The summed E-state index contributed by atoms with van der Waals surface area (Å²) in [6.45, 7) is -0.504. The lowest BCUT2D eigenvalue weighted by molar-refractivity contribution is -0.134. The molecule has 6 nitrogen and oxygen atoms in total. The van der Waals surface area contributed by atoms with E-state index in [2.05, 4.69) is 15.9 Å². The molecule has 9 heteroatoms. The van der Waals surface area contributed by atoms with Crippen LogP contribution in [-0.4, -0.2) is 56.4 Å². The van der Waals surface area contributed by atoms with Crippen LogP contribution < -0.4 is 0 Å². The zero-order valence-electron chi connectivity index (χ0n) is 12.3. The number of sulfone groups is 1. The van der Waals surface area contributed by atoms with Gasteiger partial charge in [-0.1, -0.05) is 0 Å². The number of hydrogen-bond acceptors (Lipinski definition) is 5. The molecule has 0 unspecified atom stereocenters. The van der Waals surface area contributed by atoms with Gasteiger partial charge in [0.25, 0.3) is 5.91 Å². The number of carbonyl (C=O) groups excluding carboxylic acids is 2. The SMILES string of the molecule is CN(C(=O)COC(=O)c1ccc(F)cc1Br)[C@@H]1CCS(=O)(=O)C1. The summed E-state index contributed by atoms with van der Waals surface area (Å²) < 4.78 is 41.0. The van der Waals surface area contributed by atoms with Crippen LogP contribution in [-0.2, 0) is 19.4 Å². The number of hydrogen-bond donors (Lipinski definition) is 0. The Kier molecular flexibility index (Phi) is 5.41. The van der Waals surface area contributed by atoms with Gasteiger partial charge in [-0.05, 0) is 40.5 Å². The number of likely N-dealkylation sites (N-methyl/N-ethyl adjacent to an activating group) is 1. The Morgan fingerprint density at radius 3 is 2.70 bits per heavy atom. The second-order valence-electron chi connectivity index (χ2n) is 5.26. The highest BCUT2D eigenvalue weighted by atomic mass is 79.9. The Morgan fingerprint density at radius 1 is 1.43 bits per heavy atom. The van der Waals surface area contributed by atoms with Gasteiger partial charge >= 0.3 is 5.97 Å². The molecule has 0 spiro atoms. The Labute approximate surface area is 141 Å². The van der Waals surface area contributed by atoms with Crippen LogP contribution in [0.4, 0.5) is 4.39 Å². The average Bonchev–Trinajstić information content (AvgIpc) is 2.83. The number of benzene rings is 1. The fourth-order valence-corrected chi connectivity index (χ4v) is 4.53. The first-order valence-corrected chi connectivity index (χ1v) is 9.39. The van der Waals surface area contributed by atoms with Gasteiger partial charge in [0.2, 0.25) is 0 Å². The standard InChI is InChI=1S/C14H15BrFNO5S/c1-17(10-4-5-23(20,21)8-10)13(18)7-22-14(19)11-3-2-9(16)6-12(11)15/h2-3,6,10H,4-5,7-8H2,1H3/t10-/m1/s1. The van der Waals surface area contributed by atoms with Crippen molar-refractivity contribution in [1.82, 2.24) is 4.90 Å². The van der Waals surface area contributed by atoms with Gasteiger partial charge in [0.15, 0.2) is 16.4 Å². The van der Waals surface area contributed by atoms with E-state index in [0.29, 0.717) is 6.42 Å².